The number of hydrogen-bond donors (Lipinski definition) is 1. The van der Waals surface area contributed by atoms with Crippen molar-refractivity contribution in [3.63, 3.8) is 0 Å². The van der Waals surface area contributed by atoms with E-state index in [1.165, 1.54) is 0 Å². The van der Waals surface area contributed by atoms with Crippen molar-refractivity contribution in [2.45, 2.75) is 38.0 Å². The van der Waals surface area contributed by atoms with Crippen LogP contribution in [0.2, 0.25) is 0 Å². The molecule has 1 aromatic carbocycles. The Bertz CT molecular complexity index is 503. The maximum Gasteiger partial charge on any atom is 0.314 e. The number of carboxylic acid groups (broad SMARTS) is 1. The van der Waals surface area contributed by atoms with E-state index in [2.05, 4.69) is 0 Å². The second-order valence-corrected chi connectivity index (χ2v) is 4.92. The summed E-state index contributed by atoms with van der Waals surface area (Å²) in [6, 6.07) is 3.74. The van der Waals surface area contributed by atoms with Gasteiger partial charge in [-0.1, -0.05) is 19.4 Å². The summed E-state index contributed by atoms with van der Waals surface area (Å²) in [5, 5.41) is 9.53. The van der Waals surface area contributed by atoms with Gasteiger partial charge in [0.1, 0.15) is 0 Å². The summed E-state index contributed by atoms with van der Waals surface area (Å²) in [5.41, 5.74) is 1.20. The molecule has 1 aliphatic carbocycles. The van der Waals surface area contributed by atoms with Crippen molar-refractivity contribution in [3.8, 4) is 11.5 Å². The van der Waals surface area contributed by atoms with Gasteiger partial charge in [0.05, 0.1) is 5.41 Å². The Morgan fingerprint density at radius 3 is 2.72 bits per heavy atom. The van der Waals surface area contributed by atoms with Crippen molar-refractivity contribution in [2.24, 2.45) is 0 Å². The second kappa shape index (κ2) is 3.90. The van der Waals surface area contributed by atoms with E-state index in [0.717, 1.165) is 48.3 Å². The van der Waals surface area contributed by atoms with E-state index in [4.69, 9.17) is 9.47 Å². The highest BCUT2D eigenvalue weighted by Crippen LogP contribution is 2.49. The highest BCUT2D eigenvalue weighted by Gasteiger charge is 2.47. The molecule has 3 rings (SSSR count). The summed E-state index contributed by atoms with van der Waals surface area (Å²) in [6.07, 6.45) is 3.17. The van der Waals surface area contributed by atoms with Crippen LogP contribution >= 0.6 is 0 Å². The number of benzene rings is 1. The fourth-order valence-corrected chi connectivity index (χ4v) is 2.96. The molecule has 1 heterocycles. The summed E-state index contributed by atoms with van der Waals surface area (Å²) < 4.78 is 10.8. The number of carbonyl (C=O) groups is 1. The first kappa shape index (κ1) is 11.4. The molecule has 1 saturated carbocycles. The van der Waals surface area contributed by atoms with E-state index in [0.29, 0.717) is 0 Å². The van der Waals surface area contributed by atoms with Crippen LogP contribution in [0.1, 0.15) is 37.3 Å². The van der Waals surface area contributed by atoms with E-state index >= 15 is 0 Å². The minimum absolute atomic E-state index is 0.228. The minimum Gasteiger partial charge on any atom is -0.481 e. The first-order chi connectivity index (χ1) is 8.69. The van der Waals surface area contributed by atoms with Crippen LogP contribution < -0.4 is 9.47 Å². The van der Waals surface area contributed by atoms with Crippen molar-refractivity contribution in [2.75, 3.05) is 6.79 Å². The molecule has 96 valence electrons. The van der Waals surface area contributed by atoms with Gasteiger partial charge in [-0.05, 0) is 30.9 Å². The smallest absolute Gasteiger partial charge is 0.314 e. The van der Waals surface area contributed by atoms with Crippen molar-refractivity contribution >= 4 is 5.97 Å². The number of rotatable bonds is 3. The first-order valence-corrected chi connectivity index (χ1v) is 6.34. The van der Waals surface area contributed by atoms with Gasteiger partial charge in [0.25, 0.3) is 0 Å². The molecule has 1 fully saturated rings. The van der Waals surface area contributed by atoms with Crippen molar-refractivity contribution in [3.05, 3.63) is 23.3 Å². The molecule has 0 atom stereocenters. The highest BCUT2D eigenvalue weighted by molar-refractivity contribution is 5.84. The molecule has 18 heavy (non-hydrogen) atoms. The molecule has 0 spiro atoms. The average Bonchev–Trinajstić information content (AvgIpc) is 2.74. The van der Waals surface area contributed by atoms with Gasteiger partial charge in [0, 0.05) is 5.56 Å². The minimum atomic E-state index is -0.720. The van der Waals surface area contributed by atoms with Crippen molar-refractivity contribution in [1.29, 1.82) is 0 Å². The zero-order valence-corrected chi connectivity index (χ0v) is 10.4. The molecule has 0 amide bonds. The number of fused-ring (bicyclic) bond motifs is 1. The fraction of sp³-hybridized carbons (Fsp3) is 0.500. The number of aliphatic carboxylic acids is 1. The van der Waals surface area contributed by atoms with E-state index < -0.39 is 11.4 Å². The Morgan fingerprint density at radius 2 is 2.17 bits per heavy atom. The normalized spacial score (nSPS) is 19.4. The molecule has 4 nitrogen and oxygen atoms in total. The molecule has 4 heteroatoms. The Morgan fingerprint density at radius 1 is 1.39 bits per heavy atom. The lowest BCUT2D eigenvalue weighted by Gasteiger charge is -2.39. The molecule has 0 saturated heterocycles. The van der Waals surface area contributed by atoms with Crippen LogP contribution in [0, 0.1) is 0 Å². The van der Waals surface area contributed by atoms with E-state index in [1.807, 2.05) is 19.1 Å². The van der Waals surface area contributed by atoms with Crippen LogP contribution in [0.15, 0.2) is 12.1 Å². The second-order valence-electron chi connectivity index (χ2n) is 4.92. The molecule has 1 N–H and O–H groups in total. The molecular formula is C14H16O4. The van der Waals surface area contributed by atoms with Gasteiger partial charge >= 0.3 is 5.97 Å². The largest absolute Gasteiger partial charge is 0.481 e. The highest BCUT2D eigenvalue weighted by atomic mass is 16.7. The van der Waals surface area contributed by atoms with Crippen LogP contribution in [0.5, 0.6) is 11.5 Å². The summed E-state index contributed by atoms with van der Waals surface area (Å²) in [5.74, 6) is 0.750. The lowest BCUT2D eigenvalue weighted by atomic mass is 9.63. The van der Waals surface area contributed by atoms with Crippen molar-refractivity contribution in [1.82, 2.24) is 0 Å². The lowest BCUT2D eigenvalue weighted by molar-refractivity contribution is -0.147. The first-order valence-electron chi connectivity index (χ1n) is 6.34. The van der Waals surface area contributed by atoms with Crippen LogP contribution in [-0.2, 0) is 16.6 Å². The van der Waals surface area contributed by atoms with Crippen LogP contribution in [0.4, 0.5) is 0 Å². The van der Waals surface area contributed by atoms with Gasteiger partial charge in [0.15, 0.2) is 11.5 Å². The van der Waals surface area contributed by atoms with E-state index in [1.54, 1.807) is 0 Å². The molecule has 2 aliphatic rings. The van der Waals surface area contributed by atoms with Crippen LogP contribution in [0.25, 0.3) is 0 Å². The zero-order chi connectivity index (χ0) is 12.8. The maximum atomic E-state index is 11.6. The SMILES string of the molecule is CCc1c(C2(C(=O)O)CCC2)ccc2c1OCO2. The van der Waals surface area contributed by atoms with Gasteiger partial charge in [-0.25, -0.2) is 0 Å². The molecule has 0 aromatic heterocycles. The Hall–Kier alpha value is -1.71. The molecule has 1 aromatic rings. The molecular weight excluding hydrogens is 232 g/mol. The molecule has 1 aliphatic heterocycles. The number of ether oxygens (including phenoxy) is 2. The lowest BCUT2D eigenvalue weighted by Crippen LogP contribution is -2.43. The van der Waals surface area contributed by atoms with Crippen LogP contribution in [-0.4, -0.2) is 17.9 Å². The predicted octanol–water partition coefficient (Wildman–Crippen LogP) is 2.48. The standard InChI is InChI=1S/C14H16O4/c1-2-9-10(14(13(15)16)6-3-7-14)4-5-11-12(9)18-8-17-11/h4-5H,2-3,6-8H2,1H3,(H,15,16). The number of hydrogen-bond acceptors (Lipinski definition) is 3. The summed E-state index contributed by atoms with van der Waals surface area (Å²) in [4.78, 5) is 11.6. The number of carboxylic acids is 1. The molecule has 0 bridgehead atoms. The Labute approximate surface area is 106 Å². The topological polar surface area (TPSA) is 55.8 Å². The van der Waals surface area contributed by atoms with E-state index in [-0.39, 0.29) is 6.79 Å². The van der Waals surface area contributed by atoms with Gasteiger partial charge in [0.2, 0.25) is 6.79 Å². The van der Waals surface area contributed by atoms with Gasteiger partial charge in [-0.15, -0.1) is 0 Å². The van der Waals surface area contributed by atoms with Gasteiger partial charge < -0.3 is 14.6 Å². The average molecular weight is 248 g/mol. The summed E-state index contributed by atoms with van der Waals surface area (Å²) in [6.45, 7) is 2.25. The van der Waals surface area contributed by atoms with Crippen LogP contribution in [0.3, 0.4) is 0 Å². The van der Waals surface area contributed by atoms with Crippen molar-refractivity contribution < 1.29 is 19.4 Å². The molecule has 0 radical (unpaired) electrons. The monoisotopic (exact) mass is 248 g/mol. The Balaban J connectivity index is 2.15. The third kappa shape index (κ3) is 1.35. The maximum absolute atomic E-state index is 11.6. The third-order valence-electron chi connectivity index (χ3n) is 4.13. The summed E-state index contributed by atoms with van der Waals surface area (Å²) >= 11 is 0. The van der Waals surface area contributed by atoms with E-state index in [9.17, 15) is 9.90 Å². The summed E-state index contributed by atoms with van der Waals surface area (Å²) in [7, 11) is 0. The zero-order valence-electron chi connectivity index (χ0n) is 10.4. The fourth-order valence-electron chi connectivity index (χ4n) is 2.96. The predicted molar refractivity (Wildman–Crippen MR) is 65.1 cm³/mol. The van der Waals surface area contributed by atoms with Gasteiger partial charge in [-0.2, -0.15) is 0 Å². The van der Waals surface area contributed by atoms with Gasteiger partial charge in [-0.3, -0.25) is 4.79 Å². The Kier molecular flexibility index (Phi) is 2.47. The molecule has 0 unspecified atom stereocenters. The quantitative estimate of drug-likeness (QED) is 0.892. The third-order valence-corrected chi connectivity index (χ3v) is 4.13.